The molecule has 0 fully saturated rings. The van der Waals surface area contributed by atoms with Gasteiger partial charge >= 0.3 is 0 Å². The molecule has 2 rings (SSSR count). The van der Waals surface area contributed by atoms with E-state index in [2.05, 4.69) is 9.97 Å². The van der Waals surface area contributed by atoms with Gasteiger partial charge < -0.3 is 10.5 Å². The second-order valence-corrected chi connectivity index (χ2v) is 3.53. The molecular formula is C12H13N3O. The van der Waals surface area contributed by atoms with Gasteiger partial charge in [-0.15, -0.1) is 0 Å². The zero-order chi connectivity index (χ0) is 11.4. The van der Waals surface area contributed by atoms with Gasteiger partial charge in [0.25, 0.3) is 0 Å². The van der Waals surface area contributed by atoms with Crippen molar-refractivity contribution in [2.45, 2.75) is 13.5 Å². The molecule has 0 atom stereocenters. The summed E-state index contributed by atoms with van der Waals surface area (Å²) in [6.07, 6.45) is 3.14. The Kier molecular flexibility index (Phi) is 3.00. The highest BCUT2D eigenvalue weighted by molar-refractivity contribution is 5.30. The Balaban J connectivity index is 1.97. The third-order valence-corrected chi connectivity index (χ3v) is 2.11. The van der Waals surface area contributed by atoms with Crippen LogP contribution in [0.2, 0.25) is 0 Å². The molecule has 4 nitrogen and oxygen atoms in total. The summed E-state index contributed by atoms with van der Waals surface area (Å²) in [6, 6.07) is 7.84. The van der Waals surface area contributed by atoms with Crippen molar-refractivity contribution in [3.8, 4) is 5.75 Å². The standard InChI is InChI=1S/C12H13N3O/c1-9-2-4-11(5-3-9)16-8-12-14-6-10(13)7-15-12/h2-7H,8,13H2,1H3. The van der Waals surface area contributed by atoms with E-state index in [-0.39, 0.29) is 0 Å². The van der Waals surface area contributed by atoms with Crippen LogP contribution in [0.4, 0.5) is 5.69 Å². The van der Waals surface area contributed by atoms with Gasteiger partial charge in [-0.05, 0) is 19.1 Å². The third-order valence-electron chi connectivity index (χ3n) is 2.11. The molecule has 4 heteroatoms. The summed E-state index contributed by atoms with van der Waals surface area (Å²) in [5.74, 6) is 1.43. The molecule has 0 radical (unpaired) electrons. The molecule has 1 aromatic heterocycles. The second kappa shape index (κ2) is 4.61. The van der Waals surface area contributed by atoms with Crippen LogP contribution in [0, 0.1) is 6.92 Å². The number of nitrogens with zero attached hydrogens (tertiary/aromatic N) is 2. The van der Waals surface area contributed by atoms with Crippen molar-refractivity contribution in [2.24, 2.45) is 0 Å². The summed E-state index contributed by atoms with van der Waals surface area (Å²) in [5, 5.41) is 0. The van der Waals surface area contributed by atoms with Crippen LogP contribution in [0.15, 0.2) is 36.7 Å². The maximum Gasteiger partial charge on any atom is 0.166 e. The van der Waals surface area contributed by atoms with Gasteiger partial charge in [-0.25, -0.2) is 9.97 Å². The fourth-order valence-electron chi connectivity index (χ4n) is 1.22. The van der Waals surface area contributed by atoms with Crippen molar-refractivity contribution in [2.75, 3.05) is 5.73 Å². The Morgan fingerprint density at radius 1 is 1.12 bits per heavy atom. The van der Waals surface area contributed by atoms with Crippen LogP contribution in [0.25, 0.3) is 0 Å². The fraction of sp³-hybridized carbons (Fsp3) is 0.167. The van der Waals surface area contributed by atoms with E-state index in [4.69, 9.17) is 10.5 Å². The van der Waals surface area contributed by atoms with Gasteiger partial charge in [0.05, 0.1) is 18.1 Å². The highest BCUT2D eigenvalue weighted by Crippen LogP contribution is 2.12. The predicted molar refractivity (Wildman–Crippen MR) is 62.0 cm³/mol. The highest BCUT2D eigenvalue weighted by atomic mass is 16.5. The number of benzene rings is 1. The number of ether oxygens (including phenoxy) is 1. The molecule has 0 aliphatic rings. The minimum atomic E-state index is 0.351. The topological polar surface area (TPSA) is 61.0 Å². The summed E-state index contributed by atoms with van der Waals surface area (Å²) in [5.41, 5.74) is 7.24. The minimum Gasteiger partial charge on any atom is -0.486 e. The second-order valence-electron chi connectivity index (χ2n) is 3.53. The first-order valence-electron chi connectivity index (χ1n) is 5.00. The van der Waals surface area contributed by atoms with Crippen molar-refractivity contribution in [3.05, 3.63) is 48.0 Å². The Labute approximate surface area is 94.1 Å². The molecule has 2 aromatic rings. The van der Waals surface area contributed by atoms with Crippen LogP contribution in [0.3, 0.4) is 0 Å². The van der Waals surface area contributed by atoms with Crippen LogP contribution < -0.4 is 10.5 Å². The van der Waals surface area contributed by atoms with Gasteiger partial charge in [-0.3, -0.25) is 0 Å². The van der Waals surface area contributed by atoms with Crippen LogP contribution in [0.5, 0.6) is 5.75 Å². The molecule has 0 spiro atoms. The summed E-state index contributed by atoms with van der Waals surface area (Å²) >= 11 is 0. The molecule has 82 valence electrons. The molecule has 0 bridgehead atoms. The van der Waals surface area contributed by atoms with Crippen LogP contribution in [-0.2, 0) is 6.61 Å². The van der Waals surface area contributed by atoms with E-state index < -0.39 is 0 Å². The number of aryl methyl sites for hydroxylation is 1. The molecule has 0 saturated carbocycles. The molecule has 0 aliphatic carbocycles. The summed E-state index contributed by atoms with van der Waals surface area (Å²) < 4.78 is 5.52. The van der Waals surface area contributed by atoms with Gasteiger partial charge in [-0.1, -0.05) is 17.7 Å². The van der Waals surface area contributed by atoms with E-state index >= 15 is 0 Å². The van der Waals surface area contributed by atoms with E-state index in [0.29, 0.717) is 18.1 Å². The van der Waals surface area contributed by atoms with Gasteiger partial charge in [0.1, 0.15) is 12.4 Å². The quantitative estimate of drug-likeness (QED) is 0.850. The monoisotopic (exact) mass is 215 g/mol. The minimum absolute atomic E-state index is 0.351. The smallest absolute Gasteiger partial charge is 0.166 e. The summed E-state index contributed by atoms with van der Waals surface area (Å²) in [4.78, 5) is 8.10. The lowest BCUT2D eigenvalue weighted by Crippen LogP contribution is -2.01. The first-order valence-corrected chi connectivity index (χ1v) is 5.00. The van der Waals surface area contributed by atoms with Crippen LogP contribution in [-0.4, -0.2) is 9.97 Å². The maximum absolute atomic E-state index is 5.52. The Bertz CT molecular complexity index is 405. The highest BCUT2D eigenvalue weighted by Gasteiger charge is 1.98. The van der Waals surface area contributed by atoms with E-state index in [1.54, 1.807) is 12.4 Å². The molecule has 0 aliphatic heterocycles. The van der Waals surface area contributed by atoms with Crippen LogP contribution in [0.1, 0.15) is 11.4 Å². The normalized spacial score (nSPS) is 10.1. The van der Waals surface area contributed by atoms with E-state index in [9.17, 15) is 0 Å². The van der Waals surface area contributed by atoms with Crippen molar-refractivity contribution in [1.29, 1.82) is 0 Å². The first kappa shape index (κ1) is 10.4. The lowest BCUT2D eigenvalue weighted by atomic mass is 10.2. The molecule has 2 N–H and O–H groups in total. The predicted octanol–water partition coefficient (Wildman–Crippen LogP) is 1.95. The lowest BCUT2D eigenvalue weighted by Gasteiger charge is -2.05. The summed E-state index contributed by atoms with van der Waals surface area (Å²) in [7, 11) is 0. The number of anilines is 1. The van der Waals surface area contributed by atoms with Crippen molar-refractivity contribution in [1.82, 2.24) is 9.97 Å². The Hall–Kier alpha value is -2.10. The van der Waals surface area contributed by atoms with Gasteiger partial charge in [0, 0.05) is 0 Å². The molecular weight excluding hydrogens is 202 g/mol. The molecule has 0 unspecified atom stereocenters. The van der Waals surface area contributed by atoms with E-state index in [1.165, 1.54) is 5.56 Å². The van der Waals surface area contributed by atoms with Gasteiger partial charge in [0.15, 0.2) is 5.82 Å². The number of nitrogen functional groups attached to an aromatic ring is 1. The Morgan fingerprint density at radius 2 is 1.75 bits per heavy atom. The van der Waals surface area contributed by atoms with E-state index in [1.807, 2.05) is 31.2 Å². The maximum atomic E-state index is 5.52. The third kappa shape index (κ3) is 2.70. The summed E-state index contributed by atoms with van der Waals surface area (Å²) in [6.45, 7) is 2.39. The van der Waals surface area contributed by atoms with Gasteiger partial charge in [-0.2, -0.15) is 0 Å². The number of hydrogen-bond donors (Lipinski definition) is 1. The molecule has 0 saturated heterocycles. The number of hydrogen-bond acceptors (Lipinski definition) is 4. The first-order chi connectivity index (χ1) is 7.74. The van der Waals surface area contributed by atoms with Crippen molar-refractivity contribution in [3.63, 3.8) is 0 Å². The largest absolute Gasteiger partial charge is 0.486 e. The lowest BCUT2D eigenvalue weighted by molar-refractivity contribution is 0.296. The number of rotatable bonds is 3. The van der Waals surface area contributed by atoms with E-state index in [0.717, 1.165) is 5.75 Å². The number of nitrogens with two attached hydrogens (primary N) is 1. The fourth-order valence-corrected chi connectivity index (χ4v) is 1.22. The average molecular weight is 215 g/mol. The zero-order valence-corrected chi connectivity index (χ0v) is 9.05. The molecule has 0 amide bonds. The van der Waals surface area contributed by atoms with Crippen LogP contribution >= 0.6 is 0 Å². The van der Waals surface area contributed by atoms with Crippen molar-refractivity contribution < 1.29 is 4.74 Å². The average Bonchev–Trinajstić information content (AvgIpc) is 2.30. The molecule has 1 heterocycles. The zero-order valence-electron chi connectivity index (χ0n) is 9.05. The van der Waals surface area contributed by atoms with Gasteiger partial charge in [0.2, 0.25) is 0 Å². The SMILES string of the molecule is Cc1ccc(OCc2ncc(N)cn2)cc1. The number of aromatic nitrogens is 2. The Morgan fingerprint density at radius 3 is 2.38 bits per heavy atom. The molecule has 16 heavy (non-hydrogen) atoms. The van der Waals surface area contributed by atoms with Crippen molar-refractivity contribution >= 4 is 5.69 Å². The molecule has 1 aromatic carbocycles.